The van der Waals surface area contributed by atoms with E-state index in [1.807, 2.05) is 0 Å². The molecule has 0 saturated heterocycles. The molecule has 0 fully saturated rings. The van der Waals surface area contributed by atoms with Crippen LogP contribution in [0, 0.1) is 0 Å². The summed E-state index contributed by atoms with van der Waals surface area (Å²) >= 11 is 11.4. The molecule has 0 aliphatic heterocycles. The third-order valence-electron chi connectivity index (χ3n) is 1.39. The highest BCUT2D eigenvalue weighted by molar-refractivity contribution is 6.36. The van der Waals surface area contributed by atoms with Crippen molar-refractivity contribution in [3.8, 4) is 0 Å². The first-order valence-corrected chi connectivity index (χ1v) is 4.50. The minimum absolute atomic E-state index is 0.128. The van der Waals surface area contributed by atoms with Crippen LogP contribution < -0.4 is 5.32 Å². The second kappa shape index (κ2) is 4.44. The van der Waals surface area contributed by atoms with Gasteiger partial charge in [0.05, 0.1) is 10.0 Å². The summed E-state index contributed by atoms with van der Waals surface area (Å²) in [5.74, 6) is 0.217. The minimum Gasteiger partial charge on any atom is -0.309 e. The Morgan fingerprint density at radius 3 is 2.85 bits per heavy atom. The zero-order chi connectivity index (χ0) is 9.84. The lowest BCUT2D eigenvalue weighted by atomic mass is 10.4. The lowest BCUT2D eigenvalue weighted by Crippen LogP contribution is -2.10. The molecular weight excluding hydrogens is 211 g/mol. The molecule has 1 aromatic rings. The van der Waals surface area contributed by atoms with Gasteiger partial charge in [0.1, 0.15) is 0 Å². The number of hydrogen-bond acceptors (Lipinski definition) is 2. The van der Waals surface area contributed by atoms with Gasteiger partial charge in [-0.25, -0.2) is 4.98 Å². The largest absolute Gasteiger partial charge is 0.309 e. The standard InChI is InChI=1S/C8H8Cl2N2O/c1-2-7(13)12-8-6(10)3-5(9)4-11-8/h3-4H,2H2,1H3,(H,11,12,13). The van der Waals surface area contributed by atoms with E-state index in [9.17, 15) is 4.79 Å². The number of halogens is 2. The van der Waals surface area contributed by atoms with Crippen molar-refractivity contribution in [1.29, 1.82) is 0 Å². The number of nitrogens with one attached hydrogen (secondary N) is 1. The molecule has 0 atom stereocenters. The summed E-state index contributed by atoms with van der Waals surface area (Å²) in [6.07, 6.45) is 1.82. The van der Waals surface area contributed by atoms with Crippen LogP contribution in [0.15, 0.2) is 12.3 Å². The summed E-state index contributed by atoms with van der Waals surface area (Å²) in [5.41, 5.74) is 0. The second-order valence-corrected chi connectivity index (χ2v) is 3.23. The molecule has 1 N–H and O–H groups in total. The van der Waals surface area contributed by atoms with Crippen molar-refractivity contribution in [2.24, 2.45) is 0 Å². The van der Waals surface area contributed by atoms with Crippen molar-refractivity contribution in [2.45, 2.75) is 13.3 Å². The number of hydrogen-bond donors (Lipinski definition) is 1. The van der Waals surface area contributed by atoms with Crippen LogP contribution in [0.3, 0.4) is 0 Å². The maximum absolute atomic E-state index is 11.0. The smallest absolute Gasteiger partial charge is 0.225 e. The molecule has 0 radical (unpaired) electrons. The fourth-order valence-electron chi connectivity index (χ4n) is 0.727. The van der Waals surface area contributed by atoms with E-state index in [4.69, 9.17) is 23.2 Å². The van der Waals surface area contributed by atoms with Crippen LogP contribution in [0.2, 0.25) is 10.0 Å². The Balaban J connectivity index is 2.83. The molecule has 1 rings (SSSR count). The minimum atomic E-state index is -0.128. The third kappa shape index (κ3) is 2.86. The SMILES string of the molecule is CCC(=O)Nc1ncc(Cl)cc1Cl. The molecule has 1 heterocycles. The fourth-order valence-corrected chi connectivity index (χ4v) is 1.15. The zero-order valence-electron chi connectivity index (χ0n) is 6.97. The van der Waals surface area contributed by atoms with Gasteiger partial charge in [-0.2, -0.15) is 0 Å². The molecule has 5 heteroatoms. The van der Waals surface area contributed by atoms with E-state index in [0.29, 0.717) is 22.3 Å². The maximum atomic E-state index is 11.0. The molecule has 0 bridgehead atoms. The van der Waals surface area contributed by atoms with Crippen molar-refractivity contribution in [3.63, 3.8) is 0 Å². The van der Waals surface area contributed by atoms with E-state index in [1.54, 1.807) is 6.92 Å². The molecular formula is C8H8Cl2N2O. The maximum Gasteiger partial charge on any atom is 0.225 e. The average molecular weight is 219 g/mol. The van der Waals surface area contributed by atoms with Crippen LogP contribution in [0.25, 0.3) is 0 Å². The Morgan fingerprint density at radius 1 is 1.62 bits per heavy atom. The van der Waals surface area contributed by atoms with E-state index in [2.05, 4.69) is 10.3 Å². The van der Waals surface area contributed by atoms with E-state index < -0.39 is 0 Å². The molecule has 0 spiro atoms. The zero-order valence-corrected chi connectivity index (χ0v) is 8.49. The van der Waals surface area contributed by atoms with Crippen molar-refractivity contribution in [3.05, 3.63) is 22.3 Å². The van der Waals surface area contributed by atoms with Crippen LogP contribution in [0.1, 0.15) is 13.3 Å². The van der Waals surface area contributed by atoms with Gasteiger partial charge in [-0.3, -0.25) is 4.79 Å². The first kappa shape index (κ1) is 10.3. The van der Waals surface area contributed by atoms with E-state index in [1.165, 1.54) is 12.3 Å². The average Bonchev–Trinajstić information content (AvgIpc) is 2.09. The summed E-state index contributed by atoms with van der Waals surface area (Å²) in [6, 6.07) is 1.53. The summed E-state index contributed by atoms with van der Waals surface area (Å²) < 4.78 is 0. The number of pyridine rings is 1. The number of anilines is 1. The van der Waals surface area contributed by atoms with Gasteiger partial charge in [0.2, 0.25) is 5.91 Å². The Bertz CT molecular complexity index is 328. The van der Waals surface area contributed by atoms with Crippen LogP contribution in [0.5, 0.6) is 0 Å². The molecule has 0 saturated carbocycles. The van der Waals surface area contributed by atoms with Gasteiger partial charge < -0.3 is 5.32 Å². The molecule has 0 aliphatic carbocycles. The van der Waals surface area contributed by atoms with Crippen molar-refractivity contribution in [1.82, 2.24) is 4.98 Å². The van der Waals surface area contributed by atoms with Crippen LogP contribution in [0.4, 0.5) is 5.82 Å². The van der Waals surface area contributed by atoms with Crippen LogP contribution in [-0.2, 0) is 4.79 Å². The summed E-state index contributed by atoms with van der Waals surface area (Å²) in [5, 5.41) is 3.33. The molecule has 0 aromatic carbocycles. The Kier molecular flexibility index (Phi) is 3.51. The molecule has 1 amide bonds. The van der Waals surface area contributed by atoms with E-state index >= 15 is 0 Å². The Hall–Kier alpha value is -0.800. The van der Waals surface area contributed by atoms with Crippen molar-refractivity contribution >= 4 is 34.9 Å². The first-order chi connectivity index (χ1) is 6.13. The monoisotopic (exact) mass is 218 g/mol. The number of rotatable bonds is 2. The van der Waals surface area contributed by atoms with Gasteiger partial charge in [-0.1, -0.05) is 30.1 Å². The van der Waals surface area contributed by atoms with Gasteiger partial charge in [0, 0.05) is 12.6 Å². The summed E-state index contributed by atoms with van der Waals surface area (Å²) in [6.45, 7) is 1.75. The predicted molar refractivity (Wildman–Crippen MR) is 53.2 cm³/mol. The highest BCUT2D eigenvalue weighted by Crippen LogP contribution is 2.22. The molecule has 70 valence electrons. The summed E-state index contributed by atoms with van der Waals surface area (Å²) in [7, 11) is 0. The number of carbonyl (C=O) groups is 1. The van der Waals surface area contributed by atoms with Gasteiger partial charge >= 0.3 is 0 Å². The number of carbonyl (C=O) groups excluding carboxylic acids is 1. The lowest BCUT2D eigenvalue weighted by Gasteiger charge is -2.03. The molecule has 3 nitrogen and oxygen atoms in total. The highest BCUT2D eigenvalue weighted by Gasteiger charge is 2.05. The molecule has 0 unspecified atom stereocenters. The van der Waals surface area contributed by atoms with Gasteiger partial charge in [-0.15, -0.1) is 0 Å². The fraction of sp³-hybridized carbons (Fsp3) is 0.250. The molecule has 1 aromatic heterocycles. The highest BCUT2D eigenvalue weighted by atomic mass is 35.5. The molecule has 0 aliphatic rings. The topological polar surface area (TPSA) is 42.0 Å². The van der Waals surface area contributed by atoms with Gasteiger partial charge in [-0.05, 0) is 6.07 Å². The van der Waals surface area contributed by atoms with E-state index in [0.717, 1.165) is 0 Å². The quantitative estimate of drug-likeness (QED) is 0.830. The van der Waals surface area contributed by atoms with Crippen molar-refractivity contribution in [2.75, 3.05) is 5.32 Å². The van der Waals surface area contributed by atoms with Gasteiger partial charge in [0.25, 0.3) is 0 Å². The van der Waals surface area contributed by atoms with Crippen molar-refractivity contribution < 1.29 is 4.79 Å². The summed E-state index contributed by atoms with van der Waals surface area (Å²) in [4.78, 5) is 14.8. The lowest BCUT2D eigenvalue weighted by molar-refractivity contribution is -0.115. The third-order valence-corrected chi connectivity index (χ3v) is 1.88. The number of amides is 1. The van der Waals surface area contributed by atoms with Gasteiger partial charge in [0.15, 0.2) is 5.82 Å². The number of nitrogens with zero attached hydrogens (tertiary/aromatic N) is 1. The van der Waals surface area contributed by atoms with E-state index in [-0.39, 0.29) is 5.91 Å². The predicted octanol–water partition coefficient (Wildman–Crippen LogP) is 2.74. The Morgan fingerprint density at radius 2 is 2.31 bits per heavy atom. The van der Waals surface area contributed by atoms with Crippen LogP contribution >= 0.6 is 23.2 Å². The Labute approximate surface area is 86.1 Å². The molecule has 13 heavy (non-hydrogen) atoms. The second-order valence-electron chi connectivity index (χ2n) is 2.39. The number of aromatic nitrogens is 1. The first-order valence-electron chi connectivity index (χ1n) is 3.74. The normalized spacial score (nSPS) is 9.77. The van der Waals surface area contributed by atoms with Crippen LogP contribution in [-0.4, -0.2) is 10.9 Å².